The lowest BCUT2D eigenvalue weighted by Gasteiger charge is -2.15. The molecule has 17 heavy (non-hydrogen) atoms. The molecule has 2 aromatic rings. The number of methoxy groups -OCH3 is 2. The average molecular weight is 425 g/mol. The number of fused-ring (bicyclic) bond motifs is 1. The summed E-state index contributed by atoms with van der Waals surface area (Å²) < 4.78 is 13.5. The Morgan fingerprint density at radius 1 is 0.882 bits per heavy atom. The van der Waals surface area contributed by atoms with Crippen LogP contribution in [0.25, 0.3) is 10.8 Å². The first-order chi connectivity index (χ1) is 8.11. The number of halogens is 3. The number of benzene rings is 2. The maximum Gasteiger partial charge on any atom is 0.176 e. The Balaban J connectivity index is 2.99. The van der Waals surface area contributed by atoms with Crippen molar-refractivity contribution in [3.05, 3.63) is 31.6 Å². The Morgan fingerprint density at radius 3 is 2.06 bits per heavy atom. The number of rotatable bonds is 2. The van der Waals surface area contributed by atoms with Crippen LogP contribution in [0.5, 0.6) is 11.5 Å². The van der Waals surface area contributed by atoms with E-state index in [0.717, 1.165) is 24.2 Å². The minimum Gasteiger partial charge on any atom is -0.492 e. The number of ether oxygens (including phenoxy) is 2. The molecule has 0 aliphatic carbocycles. The third-order valence-corrected chi connectivity index (χ3v) is 4.69. The third kappa shape index (κ3) is 2.09. The lowest BCUT2D eigenvalue weighted by atomic mass is 10.1. The molecule has 0 amide bonds. The number of hydrogen-bond acceptors (Lipinski definition) is 2. The molecule has 0 unspecified atom stereocenters. The van der Waals surface area contributed by atoms with Crippen LogP contribution in [0.15, 0.2) is 31.6 Å². The van der Waals surface area contributed by atoms with Crippen molar-refractivity contribution in [3.63, 3.8) is 0 Å². The molecule has 5 heteroatoms. The standard InChI is InChI=1S/C12H9Br3O2/c1-16-11-9(14)6-4-3-5-7(13)8(6)10(15)12(11)17-2/h3-5H,1-2H3. The number of hydrogen-bond donors (Lipinski definition) is 0. The second kappa shape index (κ2) is 5.16. The Hall–Kier alpha value is -0.260. The van der Waals surface area contributed by atoms with Gasteiger partial charge in [-0.3, -0.25) is 0 Å². The van der Waals surface area contributed by atoms with Gasteiger partial charge >= 0.3 is 0 Å². The van der Waals surface area contributed by atoms with Crippen LogP contribution >= 0.6 is 47.8 Å². The fourth-order valence-electron chi connectivity index (χ4n) is 1.73. The van der Waals surface area contributed by atoms with Crippen LogP contribution < -0.4 is 9.47 Å². The summed E-state index contributed by atoms with van der Waals surface area (Å²) in [6.45, 7) is 0. The van der Waals surface area contributed by atoms with Crippen molar-refractivity contribution in [1.82, 2.24) is 0 Å². The van der Waals surface area contributed by atoms with E-state index in [1.165, 1.54) is 0 Å². The molecule has 0 bridgehead atoms. The predicted molar refractivity (Wildman–Crippen MR) is 80.2 cm³/mol. The van der Waals surface area contributed by atoms with E-state index in [0.29, 0.717) is 11.5 Å². The van der Waals surface area contributed by atoms with E-state index in [9.17, 15) is 0 Å². The quantitative estimate of drug-likeness (QED) is 0.664. The summed E-state index contributed by atoms with van der Waals surface area (Å²) >= 11 is 10.7. The Kier molecular flexibility index (Phi) is 4.00. The summed E-state index contributed by atoms with van der Waals surface area (Å²) in [4.78, 5) is 0. The lowest BCUT2D eigenvalue weighted by Crippen LogP contribution is -1.94. The van der Waals surface area contributed by atoms with Crippen molar-refractivity contribution in [2.24, 2.45) is 0 Å². The van der Waals surface area contributed by atoms with Crippen molar-refractivity contribution in [2.75, 3.05) is 14.2 Å². The highest BCUT2D eigenvalue weighted by Gasteiger charge is 2.19. The summed E-state index contributed by atoms with van der Waals surface area (Å²) in [5.74, 6) is 1.36. The van der Waals surface area contributed by atoms with Crippen molar-refractivity contribution in [3.8, 4) is 11.5 Å². The third-order valence-electron chi connectivity index (χ3n) is 2.48. The Morgan fingerprint density at radius 2 is 1.47 bits per heavy atom. The summed E-state index contributed by atoms with van der Waals surface area (Å²) in [5, 5.41) is 2.11. The van der Waals surface area contributed by atoms with Crippen LogP contribution in [-0.2, 0) is 0 Å². The fraction of sp³-hybridized carbons (Fsp3) is 0.167. The normalized spacial score (nSPS) is 10.6. The Bertz CT molecular complexity index is 582. The Labute approximate surface area is 125 Å². The molecular formula is C12H9Br3O2. The molecule has 0 spiro atoms. The van der Waals surface area contributed by atoms with Crippen LogP contribution in [0.4, 0.5) is 0 Å². The maximum absolute atomic E-state index is 5.39. The molecule has 0 aromatic heterocycles. The van der Waals surface area contributed by atoms with Gasteiger partial charge in [-0.1, -0.05) is 28.1 Å². The van der Waals surface area contributed by atoms with Gasteiger partial charge in [0.1, 0.15) is 0 Å². The summed E-state index contributed by atoms with van der Waals surface area (Å²) in [6, 6.07) is 6.00. The van der Waals surface area contributed by atoms with Gasteiger partial charge in [-0.05, 0) is 37.9 Å². The maximum atomic E-state index is 5.39. The second-order valence-electron chi connectivity index (χ2n) is 3.36. The highest BCUT2D eigenvalue weighted by Crippen LogP contribution is 2.48. The van der Waals surface area contributed by atoms with Crippen molar-refractivity contribution in [1.29, 1.82) is 0 Å². The molecule has 0 atom stereocenters. The minimum atomic E-state index is 0.679. The van der Waals surface area contributed by atoms with Gasteiger partial charge in [0.2, 0.25) is 0 Å². The van der Waals surface area contributed by atoms with E-state index in [-0.39, 0.29) is 0 Å². The SMILES string of the molecule is COc1c(OC)c(Br)c2c(Br)cccc2c1Br. The topological polar surface area (TPSA) is 18.5 Å². The molecule has 0 heterocycles. The van der Waals surface area contributed by atoms with Gasteiger partial charge in [0.05, 0.1) is 23.2 Å². The summed E-state index contributed by atoms with van der Waals surface area (Å²) in [7, 11) is 3.25. The molecule has 2 nitrogen and oxygen atoms in total. The monoisotopic (exact) mass is 422 g/mol. The fourth-order valence-corrected chi connectivity index (χ4v) is 4.00. The first-order valence-electron chi connectivity index (χ1n) is 4.79. The molecule has 0 saturated carbocycles. The molecule has 0 radical (unpaired) electrons. The zero-order valence-electron chi connectivity index (χ0n) is 9.18. The molecule has 0 N–H and O–H groups in total. The highest BCUT2D eigenvalue weighted by molar-refractivity contribution is 9.11. The zero-order valence-corrected chi connectivity index (χ0v) is 13.9. The molecule has 0 aliphatic rings. The van der Waals surface area contributed by atoms with Crippen molar-refractivity contribution in [2.45, 2.75) is 0 Å². The van der Waals surface area contributed by atoms with E-state index >= 15 is 0 Å². The first-order valence-corrected chi connectivity index (χ1v) is 7.16. The average Bonchev–Trinajstić information content (AvgIpc) is 2.33. The highest BCUT2D eigenvalue weighted by atomic mass is 79.9. The van der Waals surface area contributed by atoms with E-state index in [1.54, 1.807) is 14.2 Å². The van der Waals surface area contributed by atoms with E-state index < -0.39 is 0 Å². The molecular weight excluding hydrogens is 416 g/mol. The summed E-state index contributed by atoms with van der Waals surface area (Å²) in [6.07, 6.45) is 0. The molecule has 90 valence electrons. The smallest absolute Gasteiger partial charge is 0.176 e. The molecule has 2 rings (SSSR count). The first kappa shape index (κ1) is 13.2. The minimum absolute atomic E-state index is 0.679. The van der Waals surface area contributed by atoms with Crippen LogP contribution in [0.1, 0.15) is 0 Å². The molecule has 0 fully saturated rings. The van der Waals surface area contributed by atoms with Crippen molar-refractivity contribution >= 4 is 58.6 Å². The van der Waals surface area contributed by atoms with Crippen LogP contribution in [0, 0.1) is 0 Å². The van der Waals surface area contributed by atoms with E-state index in [1.807, 2.05) is 18.2 Å². The molecule has 0 aliphatic heterocycles. The van der Waals surface area contributed by atoms with Crippen molar-refractivity contribution < 1.29 is 9.47 Å². The van der Waals surface area contributed by atoms with Gasteiger partial charge in [-0.15, -0.1) is 0 Å². The van der Waals surface area contributed by atoms with Crippen LogP contribution in [-0.4, -0.2) is 14.2 Å². The van der Waals surface area contributed by atoms with Gasteiger partial charge in [0.15, 0.2) is 11.5 Å². The molecule has 0 saturated heterocycles. The largest absolute Gasteiger partial charge is 0.492 e. The van der Waals surface area contributed by atoms with Crippen LogP contribution in [0.2, 0.25) is 0 Å². The van der Waals surface area contributed by atoms with Gasteiger partial charge in [0.25, 0.3) is 0 Å². The summed E-state index contributed by atoms with van der Waals surface area (Å²) in [5.41, 5.74) is 0. The van der Waals surface area contributed by atoms with Gasteiger partial charge in [-0.25, -0.2) is 0 Å². The van der Waals surface area contributed by atoms with Gasteiger partial charge in [-0.2, -0.15) is 0 Å². The zero-order chi connectivity index (χ0) is 12.6. The van der Waals surface area contributed by atoms with Gasteiger partial charge in [0, 0.05) is 15.2 Å². The van der Waals surface area contributed by atoms with E-state index in [4.69, 9.17) is 9.47 Å². The van der Waals surface area contributed by atoms with Crippen LogP contribution in [0.3, 0.4) is 0 Å². The molecule has 2 aromatic carbocycles. The predicted octanol–water partition coefficient (Wildman–Crippen LogP) is 5.14. The van der Waals surface area contributed by atoms with E-state index in [2.05, 4.69) is 47.8 Å². The lowest BCUT2D eigenvalue weighted by molar-refractivity contribution is 0.352. The van der Waals surface area contributed by atoms with Gasteiger partial charge < -0.3 is 9.47 Å². The second-order valence-corrected chi connectivity index (χ2v) is 5.80.